The molecule has 0 saturated carbocycles. The molecule has 3 heteroatoms. The second-order valence-corrected chi connectivity index (χ2v) is 5.83. The lowest BCUT2D eigenvalue weighted by Crippen LogP contribution is -2.29. The van der Waals surface area contributed by atoms with Crippen LogP contribution in [0.15, 0.2) is 30.5 Å². The highest BCUT2D eigenvalue weighted by atomic mass is 15.1. The standard InChI is InChI=1S/C17H25N3/c1-19-14-15(16-7-2-3-8-17(16)19)6-4-11-20-12-5-9-18-10-13-20/h2-3,7-8,14,18H,4-6,9-13H2,1H3. The van der Waals surface area contributed by atoms with E-state index in [1.54, 1.807) is 0 Å². The predicted octanol–water partition coefficient (Wildman–Crippen LogP) is 2.41. The van der Waals surface area contributed by atoms with E-state index in [1.807, 2.05) is 0 Å². The fraction of sp³-hybridized carbons (Fsp3) is 0.529. The number of para-hydroxylation sites is 1. The van der Waals surface area contributed by atoms with E-state index >= 15 is 0 Å². The Morgan fingerprint density at radius 1 is 1.15 bits per heavy atom. The predicted molar refractivity (Wildman–Crippen MR) is 85.2 cm³/mol. The number of fused-ring (bicyclic) bond motifs is 1. The smallest absolute Gasteiger partial charge is 0.0480 e. The van der Waals surface area contributed by atoms with Crippen LogP contribution in [-0.4, -0.2) is 42.2 Å². The van der Waals surface area contributed by atoms with Crippen LogP contribution in [-0.2, 0) is 13.5 Å². The number of benzene rings is 1. The topological polar surface area (TPSA) is 20.2 Å². The summed E-state index contributed by atoms with van der Waals surface area (Å²) in [5, 5.41) is 4.89. The molecule has 0 amide bonds. The van der Waals surface area contributed by atoms with E-state index < -0.39 is 0 Å². The molecule has 0 bridgehead atoms. The Balaban J connectivity index is 1.59. The van der Waals surface area contributed by atoms with Crippen molar-refractivity contribution in [2.75, 3.05) is 32.7 Å². The molecule has 2 aromatic rings. The Hall–Kier alpha value is -1.32. The third-order valence-corrected chi connectivity index (χ3v) is 4.33. The molecular weight excluding hydrogens is 246 g/mol. The van der Waals surface area contributed by atoms with E-state index in [0.717, 1.165) is 6.54 Å². The van der Waals surface area contributed by atoms with Gasteiger partial charge in [0.2, 0.25) is 0 Å². The quantitative estimate of drug-likeness (QED) is 0.921. The summed E-state index contributed by atoms with van der Waals surface area (Å²) in [6, 6.07) is 8.72. The number of hydrogen-bond donors (Lipinski definition) is 1. The largest absolute Gasteiger partial charge is 0.350 e. The molecule has 3 nitrogen and oxygen atoms in total. The Kier molecular flexibility index (Phi) is 4.38. The van der Waals surface area contributed by atoms with Crippen LogP contribution in [0.1, 0.15) is 18.4 Å². The molecule has 1 aliphatic heterocycles. The van der Waals surface area contributed by atoms with Gasteiger partial charge in [0.15, 0.2) is 0 Å². The number of nitrogens with one attached hydrogen (secondary N) is 1. The minimum absolute atomic E-state index is 1.15. The molecule has 1 saturated heterocycles. The number of nitrogens with zero attached hydrogens (tertiary/aromatic N) is 2. The van der Waals surface area contributed by atoms with Gasteiger partial charge in [-0.25, -0.2) is 0 Å². The van der Waals surface area contributed by atoms with Gasteiger partial charge in [-0.15, -0.1) is 0 Å². The van der Waals surface area contributed by atoms with Gasteiger partial charge < -0.3 is 14.8 Å². The third kappa shape index (κ3) is 3.05. The first-order valence-electron chi connectivity index (χ1n) is 7.80. The first kappa shape index (κ1) is 13.7. The third-order valence-electron chi connectivity index (χ3n) is 4.33. The van der Waals surface area contributed by atoms with Crippen LogP contribution >= 0.6 is 0 Å². The molecule has 0 unspecified atom stereocenters. The first-order valence-corrected chi connectivity index (χ1v) is 7.80. The Morgan fingerprint density at radius 3 is 3.00 bits per heavy atom. The highest BCUT2D eigenvalue weighted by Gasteiger charge is 2.09. The zero-order valence-corrected chi connectivity index (χ0v) is 12.4. The fourth-order valence-corrected chi connectivity index (χ4v) is 3.24. The summed E-state index contributed by atoms with van der Waals surface area (Å²) in [4.78, 5) is 2.60. The van der Waals surface area contributed by atoms with Crippen molar-refractivity contribution in [1.29, 1.82) is 0 Å². The van der Waals surface area contributed by atoms with Crippen LogP contribution in [0.5, 0.6) is 0 Å². The van der Waals surface area contributed by atoms with Crippen molar-refractivity contribution in [2.45, 2.75) is 19.3 Å². The van der Waals surface area contributed by atoms with E-state index in [4.69, 9.17) is 0 Å². The molecular formula is C17H25N3. The number of aromatic nitrogens is 1. The molecule has 1 aromatic heterocycles. The lowest BCUT2D eigenvalue weighted by molar-refractivity contribution is 0.289. The van der Waals surface area contributed by atoms with Crippen LogP contribution in [0, 0.1) is 0 Å². The van der Waals surface area contributed by atoms with Gasteiger partial charge in [0.05, 0.1) is 0 Å². The summed E-state index contributed by atoms with van der Waals surface area (Å²) in [6.45, 7) is 6.01. The molecule has 0 atom stereocenters. The fourth-order valence-electron chi connectivity index (χ4n) is 3.24. The number of aryl methyl sites for hydroxylation is 2. The molecule has 0 radical (unpaired) electrons. The van der Waals surface area contributed by atoms with Crippen molar-refractivity contribution in [2.24, 2.45) is 7.05 Å². The summed E-state index contributed by atoms with van der Waals surface area (Å²) in [6.07, 6.45) is 6.03. The molecule has 1 aliphatic rings. The number of rotatable bonds is 4. The van der Waals surface area contributed by atoms with E-state index in [1.165, 1.54) is 61.9 Å². The zero-order chi connectivity index (χ0) is 13.8. The van der Waals surface area contributed by atoms with Gasteiger partial charge >= 0.3 is 0 Å². The van der Waals surface area contributed by atoms with Crippen LogP contribution in [0.25, 0.3) is 10.9 Å². The van der Waals surface area contributed by atoms with Crippen molar-refractivity contribution in [3.63, 3.8) is 0 Å². The van der Waals surface area contributed by atoms with Gasteiger partial charge in [-0.3, -0.25) is 0 Å². The van der Waals surface area contributed by atoms with Gasteiger partial charge in [-0.1, -0.05) is 18.2 Å². The van der Waals surface area contributed by atoms with Crippen molar-refractivity contribution >= 4 is 10.9 Å². The summed E-state index contributed by atoms with van der Waals surface area (Å²) in [5.74, 6) is 0. The summed E-state index contributed by atoms with van der Waals surface area (Å²) >= 11 is 0. The molecule has 20 heavy (non-hydrogen) atoms. The van der Waals surface area contributed by atoms with Crippen LogP contribution in [0.2, 0.25) is 0 Å². The van der Waals surface area contributed by atoms with Gasteiger partial charge in [0.1, 0.15) is 0 Å². The van der Waals surface area contributed by atoms with Gasteiger partial charge in [-0.2, -0.15) is 0 Å². The molecule has 1 aromatic carbocycles. The highest BCUT2D eigenvalue weighted by molar-refractivity contribution is 5.83. The lowest BCUT2D eigenvalue weighted by Gasteiger charge is -2.18. The summed E-state index contributed by atoms with van der Waals surface area (Å²) in [7, 11) is 2.15. The average Bonchev–Trinajstić information content (AvgIpc) is 2.66. The molecule has 1 fully saturated rings. The maximum absolute atomic E-state index is 3.47. The summed E-state index contributed by atoms with van der Waals surface area (Å²) < 4.78 is 2.25. The van der Waals surface area contributed by atoms with Crippen LogP contribution in [0.3, 0.4) is 0 Å². The summed E-state index contributed by atoms with van der Waals surface area (Å²) in [5.41, 5.74) is 2.84. The minimum Gasteiger partial charge on any atom is -0.350 e. The average molecular weight is 271 g/mol. The first-order chi connectivity index (χ1) is 9.84. The van der Waals surface area contributed by atoms with E-state index in [0.29, 0.717) is 0 Å². The van der Waals surface area contributed by atoms with Crippen molar-refractivity contribution in [3.8, 4) is 0 Å². The second-order valence-electron chi connectivity index (χ2n) is 5.83. The van der Waals surface area contributed by atoms with Gasteiger partial charge in [-0.05, 0) is 50.5 Å². The highest BCUT2D eigenvalue weighted by Crippen LogP contribution is 2.21. The monoisotopic (exact) mass is 271 g/mol. The van der Waals surface area contributed by atoms with Crippen molar-refractivity contribution < 1.29 is 0 Å². The van der Waals surface area contributed by atoms with E-state index in [-0.39, 0.29) is 0 Å². The number of hydrogen-bond acceptors (Lipinski definition) is 2. The van der Waals surface area contributed by atoms with E-state index in [9.17, 15) is 0 Å². The maximum atomic E-state index is 3.47. The lowest BCUT2D eigenvalue weighted by atomic mass is 10.1. The minimum atomic E-state index is 1.15. The van der Waals surface area contributed by atoms with Gasteiger partial charge in [0, 0.05) is 37.2 Å². The van der Waals surface area contributed by atoms with Gasteiger partial charge in [0.25, 0.3) is 0 Å². The molecule has 2 heterocycles. The molecule has 108 valence electrons. The Bertz CT molecular complexity index is 550. The second kappa shape index (κ2) is 6.42. The Labute approximate surface area is 121 Å². The maximum Gasteiger partial charge on any atom is 0.0480 e. The molecule has 1 N–H and O–H groups in total. The Morgan fingerprint density at radius 2 is 2.05 bits per heavy atom. The molecule has 0 spiro atoms. The van der Waals surface area contributed by atoms with Crippen LogP contribution in [0.4, 0.5) is 0 Å². The molecule has 0 aliphatic carbocycles. The van der Waals surface area contributed by atoms with E-state index in [2.05, 4.69) is 52.3 Å². The zero-order valence-electron chi connectivity index (χ0n) is 12.4. The van der Waals surface area contributed by atoms with Crippen LogP contribution < -0.4 is 5.32 Å². The SMILES string of the molecule is Cn1cc(CCCN2CCCNCC2)c2ccccc21. The van der Waals surface area contributed by atoms with Crippen molar-refractivity contribution in [3.05, 3.63) is 36.0 Å². The molecule has 3 rings (SSSR count). The van der Waals surface area contributed by atoms with Crippen molar-refractivity contribution in [1.82, 2.24) is 14.8 Å². The normalized spacial score (nSPS) is 17.4.